The molecule has 104 valence electrons. The van der Waals surface area contributed by atoms with Crippen LogP contribution < -0.4 is 0 Å². The molecule has 19 heavy (non-hydrogen) atoms. The van der Waals surface area contributed by atoms with Gasteiger partial charge in [-0.15, -0.1) is 0 Å². The summed E-state index contributed by atoms with van der Waals surface area (Å²) in [5, 5.41) is 0. The van der Waals surface area contributed by atoms with Gasteiger partial charge in [-0.3, -0.25) is 9.59 Å². The number of ether oxygens (including phenoxy) is 1. The van der Waals surface area contributed by atoms with Gasteiger partial charge < -0.3 is 9.64 Å². The normalized spacial score (nSPS) is 11.7. The van der Waals surface area contributed by atoms with E-state index in [9.17, 15) is 9.59 Å². The van der Waals surface area contributed by atoms with Crippen molar-refractivity contribution in [3.63, 3.8) is 0 Å². The van der Waals surface area contributed by atoms with E-state index in [4.69, 9.17) is 4.74 Å². The van der Waals surface area contributed by atoms with Crippen LogP contribution in [0.4, 0.5) is 0 Å². The van der Waals surface area contributed by atoms with E-state index in [1.165, 1.54) is 6.92 Å². The van der Waals surface area contributed by atoms with Gasteiger partial charge in [-0.2, -0.15) is 0 Å². The number of likely N-dealkylation sites (N-methyl/N-ethyl adjacent to an activating group) is 1. The van der Waals surface area contributed by atoms with Crippen LogP contribution in [-0.4, -0.2) is 36.0 Å². The van der Waals surface area contributed by atoms with Gasteiger partial charge in [0.15, 0.2) is 6.10 Å². The molecule has 1 unspecified atom stereocenters. The number of carbonyl (C=O) groups is 2. The zero-order valence-corrected chi connectivity index (χ0v) is 11.8. The van der Waals surface area contributed by atoms with E-state index < -0.39 is 12.1 Å². The lowest BCUT2D eigenvalue weighted by Gasteiger charge is -2.24. The minimum atomic E-state index is -0.736. The predicted octanol–water partition coefficient (Wildman–Crippen LogP) is 2.03. The zero-order chi connectivity index (χ0) is 14.3. The third kappa shape index (κ3) is 4.73. The van der Waals surface area contributed by atoms with Gasteiger partial charge >= 0.3 is 5.97 Å². The summed E-state index contributed by atoms with van der Waals surface area (Å²) < 4.78 is 5.17. The van der Waals surface area contributed by atoms with Crippen LogP contribution in [0.1, 0.15) is 26.3 Å². The maximum Gasteiger partial charge on any atom is 0.303 e. The van der Waals surface area contributed by atoms with Gasteiger partial charge in [-0.1, -0.05) is 30.3 Å². The SMILES string of the molecule is CCN(CC)C(=O)C(Cc1ccccc1)OC(C)=O. The largest absolute Gasteiger partial charge is 0.452 e. The van der Waals surface area contributed by atoms with E-state index >= 15 is 0 Å². The molecule has 0 aromatic heterocycles. The van der Waals surface area contributed by atoms with Crippen molar-refractivity contribution >= 4 is 11.9 Å². The molecule has 1 atom stereocenters. The number of rotatable bonds is 6. The lowest BCUT2D eigenvalue weighted by Crippen LogP contribution is -2.42. The predicted molar refractivity (Wildman–Crippen MR) is 73.6 cm³/mol. The summed E-state index contributed by atoms with van der Waals surface area (Å²) in [6.45, 7) is 6.38. The number of carbonyl (C=O) groups excluding carboxylic acids is 2. The molecule has 4 heteroatoms. The van der Waals surface area contributed by atoms with E-state index in [1.54, 1.807) is 4.90 Å². The molecule has 0 aliphatic rings. The van der Waals surface area contributed by atoms with Crippen LogP contribution >= 0.6 is 0 Å². The first-order valence-electron chi connectivity index (χ1n) is 6.58. The first-order valence-corrected chi connectivity index (χ1v) is 6.58. The molecule has 0 saturated heterocycles. The summed E-state index contributed by atoms with van der Waals surface area (Å²) in [6, 6.07) is 9.57. The first-order chi connectivity index (χ1) is 9.08. The number of benzene rings is 1. The van der Waals surface area contributed by atoms with Gasteiger partial charge in [0.2, 0.25) is 0 Å². The summed E-state index contributed by atoms with van der Waals surface area (Å²) in [6.07, 6.45) is -0.324. The summed E-state index contributed by atoms with van der Waals surface area (Å²) in [4.78, 5) is 25.1. The third-order valence-corrected chi connectivity index (χ3v) is 2.92. The molecule has 4 nitrogen and oxygen atoms in total. The van der Waals surface area contributed by atoms with E-state index in [2.05, 4.69) is 0 Å². The van der Waals surface area contributed by atoms with Gasteiger partial charge in [-0.25, -0.2) is 0 Å². The number of hydrogen-bond acceptors (Lipinski definition) is 3. The highest BCUT2D eigenvalue weighted by atomic mass is 16.5. The standard InChI is InChI=1S/C15H21NO3/c1-4-16(5-2)15(18)14(19-12(3)17)11-13-9-7-6-8-10-13/h6-10,14H,4-5,11H2,1-3H3. The summed E-state index contributed by atoms with van der Waals surface area (Å²) in [5.74, 6) is -0.564. The second-order valence-corrected chi connectivity index (χ2v) is 4.30. The van der Waals surface area contributed by atoms with Crippen molar-refractivity contribution in [1.29, 1.82) is 0 Å². The van der Waals surface area contributed by atoms with E-state index in [0.29, 0.717) is 19.5 Å². The average Bonchev–Trinajstić information content (AvgIpc) is 2.40. The minimum absolute atomic E-state index is 0.135. The van der Waals surface area contributed by atoms with Crippen molar-refractivity contribution in [2.75, 3.05) is 13.1 Å². The van der Waals surface area contributed by atoms with Crippen LogP contribution in [0.25, 0.3) is 0 Å². The van der Waals surface area contributed by atoms with Crippen molar-refractivity contribution in [2.45, 2.75) is 33.3 Å². The van der Waals surface area contributed by atoms with Crippen LogP contribution in [-0.2, 0) is 20.7 Å². The topological polar surface area (TPSA) is 46.6 Å². The monoisotopic (exact) mass is 263 g/mol. The van der Waals surface area contributed by atoms with Crippen molar-refractivity contribution in [3.8, 4) is 0 Å². The number of amides is 1. The van der Waals surface area contributed by atoms with Crippen LogP contribution in [0.2, 0.25) is 0 Å². The Morgan fingerprint density at radius 1 is 1.16 bits per heavy atom. The molecule has 0 spiro atoms. The summed E-state index contributed by atoms with van der Waals surface area (Å²) in [5.41, 5.74) is 0.981. The highest BCUT2D eigenvalue weighted by Crippen LogP contribution is 2.09. The molecule has 1 amide bonds. The van der Waals surface area contributed by atoms with Crippen molar-refractivity contribution in [1.82, 2.24) is 4.90 Å². The fourth-order valence-electron chi connectivity index (χ4n) is 1.95. The van der Waals surface area contributed by atoms with Gasteiger partial charge in [0.05, 0.1) is 0 Å². The maximum atomic E-state index is 12.3. The van der Waals surface area contributed by atoms with Gasteiger partial charge in [0.25, 0.3) is 5.91 Å². The zero-order valence-electron chi connectivity index (χ0n) is 11.8. The molecule has 0 saturated carbocycles. The summed E-state index contributed by atoms with van der Waals surface area (Å²) in [7, 11) is 0. The van der Waals surface area contributed by atoms with Crippen LogP contribution in [0, 0.1) is 0 Å². The number of hydrogen-bond donors (Lipinski definition) is 0. The molecular weight excluding hydrogens is 242 g/mol. The molecule has 1 aromatic carbocycles. The van der Waals surface area contributed by atoms with E-state index in [-0.39, 0.29) is 5.91 Å². The van der Waals surface area contributed by atoms with Gasteiger partial charge in [0.1, 0.15) is 0 Å². The lowest BCUT2D eigenvalue weighted by atomic mass is 10.1. The minimum Gasteiger partial charge on any atom is -0.452 e. The average molecular weight is 263 g/mol. The van der Waals surface area contributed by atoms with Gasteiger partial charge in [-0.05, 0) is 19.4 Å². The fraction of sp³-hybridized carbons (Fsp3) is 0.467. The molecular formula is C15H21NO3. The van der Waals surface area contributed by atoms with Crippen LogP contribution in [0.5, 0.6) is 0 Å². The highest BCUT2D eigenvalue weighted by Gasteiger charge is 2.25. The Balaban J connectivity index is 2.82. The van der Waals surface area contributed by atoms with Crippen molar-refractivity contribution < 1.29 is 14.3 Å². The Labute approximate surface area is 114 Å². The van der Waals surface area contributed by atoms with Crippen LogP contribution in [0.3, 0.4) is 0 Å². The quantitative estimate of drug-likeness (QED) is 0.738. The Kier molecular flexibility index (Phi) is 6.06. The molecule has 1 rings (SSSR count). The third-order valence-electron chi connectivity index (χ3n) is 2.92. The molecule has 0 bridgehead atoms. The second-order valence-electron chi connectivity index (χ2n) is 4.30. The molecule has 0 radical (unpaired) electrons. The second kappa shape index (κ2) is 7.56. The summed E-state index contributed by atoms with van der Waals surface area (Å²) >= 11 is 0. The van der Waals surface area contributed by atoms with Crippen molar-refractivity contribution in [2.24, 2.45) is 0 Å². The Bertz CT molecular complexity index is 413. The molecule has 0 aliphatic heterocycles. The smallest absolute Gasteiger partial charge is 0.303 e. The Hall–Kier alpha value is -1.84. The number of nitrogens with zero attached hydrogens (tertiary/aromatic N) is 1. The highest BCUT2D eigenvalue weighted by molar-refractivity contribution is 5.83. The van der Waals surface area contributed by atoms with E-state index in [1.807, 2.05) is 44.2 Å². The fourth-order valence-corrected chi connectivity index (χ4v) is 1.95. The first kappa shape index (κ1) is 15.2. The molecule has 1 aromatic rings. The Morgan fingerprint density at radius 2 is 1.74 bits per heavy atom. The molecule has 0 N–H and O–H groups in total. The molecule has 0 aliphatic carbocycles. The van der Waals surface area contributed by atoms with Crippen molar-refractivity contribution in [3.05, 3.63) is 35.9 Å². The van der Waals surface area contributed by atoms with E-state index in [0.717, 1.165) is 5.56 Å². The van der Waals surface area contributed by atoms with Gasteiger partial charge in [0, 0.05) is 26.4 Å². The number of esters is 1. The lowest BCUT2D eigenvalue weighted by molar-refractivity contribution is -0.158. The molecule has 0 fully saturated rings. The molecule has 0 heterocycles. The Morgan fingerprint density at radius 3 is 2.21 bits per heavy atom. The van der Waals surface area contributed by atoms with Crippen LogP contribution in [0.15, 0.2) is 30.3 Å². The maximum absolute atomic E-state index is 12.3.